The maximum Gasteiger partial charge on any atom is 0.251 e. The molecule has 0 aliphatic rings. The van der Waals surface area contributed by atoms with Gasteiger partial charge < -0.3 is 5.32 Å². The Morgan fingerprint density at radius 1 is 1.26 bits per heavy atom. The van der Waals surface area contributed by atoms with E-state index in [1.807, 2.05) is 24.3 Å². The molecule has 0 saturated carbocycles. The number of carbonyl (C=O) groups is 1. The van der Waals surface area contributed by atoms with Gasteiger partial charge in [0.05, 0.1) is 0 Å². The molecule has 0 atom stereocenters. The first-order valence-corrected chi connectivity index (χ1v) is 6.64. The molecule has 0 heterocycles. The summed E-state index contributed by atoms with van der Waals surface area (Å²) in [6.07, 6.45) is 0. The molecule has 0 fully saturated rings. The van der Waals surface area contributed by atoms with Crippen LogP contribution in [0.5, 0.6) is 0 Å². The van der Waals surface area contributed by atoms with Gasteiger partial charge in [0.2, 0.25) is 0 Å². The summed E-state index contributed by atoms with van der Waals surface area (Å²) in [5, 5.41) is 2.81. The van der Waals surface area contributed by atoms with Gasteiger partial charge in [-0.25, -0.2) is 4.39 Å². The Hall–Kier alpha value is -1.68. The van der Waals surface area contributed by atoms with Crippen LogP contribution in [0.15, 0.2) is 46.9 Å². The van der Waals surface area contributed by atoms with Crippen molar-refractivity contribution in [2.45, 2.75) is 13.5 Å². The molecule has 1 amide bonds. The minimum atomic E-state index is -0.302. The lowest BCUT2D eigenvalue weighted by Gasteiger charge is -2.07. The Morgan fingerprint density at radius 3 is 2.74 bits per heavy atom. The molecule has 0 aromatic heterocycles. The number of amides is 1. The fourth-order valence-electron chi connectivity index (χ4n) is 1.72. The van der Waals surface area contributed by atoms with Crippen LogP contribution in [-0.2, 0) is 6.54 Å². The molecule has 2 aromatic rings. The van der Waals surface area contributed by atoms with E-state index in [4.69, 9.17) is 0 Å². The summed E-state index contributed by atoms with van der Waals surface area (Å²) in [4.78, 5) is 11.9. The zero-order valence-corrected chi connectivity index (χ0v) is 12.0. The van der Waals surface area contributed by atoms with Gasteiger partial charge >= 0.3 is 0 Å². The Bertz CT molecular complexity index is 613. The number of hydrogen-bond acceptors (Lipinski definition) is 1. The Kier molecular flexibility index (Phi) is 4.32. The van der Waals surface area contributed by atoms with Crippen LogP contribution in [0.3, 0.4) is 0 Å². The standard InChI is InChI=1S/C15H13BrFNO/c1-10-7-12(5-6-14(10)17)15(19)18-9-11-3-2-4-13(16)8-11/h2-8H,9H2,1H3,(H,18,19). The van der Waals surface area contributed by atoms with E-state index in [-0.39, 0.29) is 11.7 Å². The molecule has 2 nitrogen and oxygen atoms in total. The molecule has 0 radical (unpaired) electrons. The number of rotatable bonds is 3. The van der Waals surface area contributed by atoms with Crippen LogP contribution in [0.25, 0.3) is 0 Å². The number of aryl methyl sites for hydroxylation is 1. The topological polar surface area (TPSA) is 29.1 Å². The van der Waals surface area contributed by atoms with E-state index in [1.54, 1.807) is 13.0 Å². The van der Waals surface area contributed by atoms with Gasteiger partial charge in [-0.1, -0.05) is 28.1 Å². The average Bonchev–Trinajstić information content (AvgIpc) is 2.39. The van der Waals surface area contributed by atoms with Crippen molar-refractivity contribution < 1.29 is 9.18 Å². The molecule has 98 valence electrons. The second-order valence-corrected chi connectivity index (χ2v) is 5.19. The monoisotopic (exact) mass is 321 g/mol. The summed E-state index contributed by atoms with van der Waals surface area (Å²) in [5.74, 6) is -0.508. The fraction of sp³-hybridized carbons (Fsp3) is 0.133. The van der Waals surface area contributed by atoms with Gasteiger partial charge in [-0.3, -0.25) is 4.79 Å². The third-order valence-electron chi connectivity index (χ3n) is 2.76. The Labute approximate surface area is 119 Å². The quantitative estimate of drug-likeness (QED) is 0.914. The van der Waals surface area contributed by atoms with Crippen molar-refractivity contribution in [3.8, 4) is 0 Å². The van der Waals surface area contributed by atoms with Crippen LogP contribution in [0.1, 0.15) is 21.5 Å². The maximum absolute atomic E-state index is 13.1. The zero-order chi connectivity index (χ0) is 13.8. The first-order valence-electron chi connectivity index (χ1n) is 5.85. The van der Waals surface area contributed by atoms with Crippen molar-refractivity contribution in [3.63, 3.8) is 0 Å². The van der Waals surface area contributed by atoms with E-state index in [9.17, 15) is 9.18 Å². The van der Waals surface area contributed by atoms with E-state index in [1.165, 1.54) is 12.1 Å². The summed E-state index contributed by atoms with van der Waals surface area (Å²) in [6.45, 7) is 2.08. The molecule has 0 saturated heterocycles. The average molecular weight is 322 g/mol. The van der Waals surface area contributed by atoms with Gasteiger partial charge in [0.25, 0.3) is 5.91 Å². The minimum Gasteiger partial charge on any atom is -0.348 e. The summed E-state index contributed by atoms with van der Waals surface area (Å²) >= 11 is 3.38. The number of hydrogen-bond donors (Lipinski definition) is 1. The second-order valence-electron chi connectivity index (χ2n) is 4.28. The molecule has 0 spiro atoms. The van der Waals surface area contributed by atoms with E-state index >= 15 is 0 Å². The molecule has 2 rings (SSSR count). The normalized spacial score (nSPS) is 10.3. The molecule has 19 heavy (non-hydrogen) atoms. The van der Waals surface area contributed by atoms with Crippen molar-refractivity contribution in [2.75, 3.05) is 0 Å². The molecule has 2 aromatic carbocycles. The molecular weight excluding hydrogens is 309 g/mol. The predicted octanol–water partition coefficient (Wildman–Crippen LogP) is 3.83. The molecule has 4 heteroatoms. The maximum atomic E-state index is 13.1. The highest BCUT2D eigenvalue weighted by molar-refractivity contribution is 9.10. The smallest absolute Gasteiger partial charge is 0.251 e. The highest BCUT2D eigenvalue weighted by Gasteiger charge is 2.07. The third-order valence-corrected chi connectivity index (χ3v) is 3.26. The first kappa shape index (κ1) is 13.7. The highest BCUT2D eigenvalue weighted by Crippen LogP contribution is 2.12. The summed E-state index contributed by atoms with van der Waals surface area (Å²) in [6, 6.07) is 12.0. The van der Waals surface area contributed by atoms with Crippen LogP contribution in [0.4, 0.5) is 4.39 Å². The molecule has 0 aliphatic carbocycles. The van der Waals surface area contributed by atoms with Crippen molar-refractivity contribution >= 4 is 21.8 Å². The summed E-state index contributed by atoms with van der Waals surface area (Å²) in [5.41, 5.74) is 1.94. The largest absolute Gasteiger partial charge is 0.348 e. The van der Waals surface area contributed by atoms with Crippen molar-refractivity contribution in [2.24, 2.45) is 0 Å². The molecule has 0 unspecified atom stereocenters. The Morgan fingerprint density at radius 2 is 2.05 bits per heavy atom. The second kappa shape index (κ2) is 5.97. The zero-order valence-electron chi connectivity index (χ0n) is 10.4. The van der Waals surface area contributed by atoms with Gasteiger partial charge in [0, 0.05) is 16.6 Å². The van der Waals surface area contributed by atoms with Crippen LogP contribution < -0.4 is 5.32 Å². The lowest BCUT2D eigenvalue weighted by Crippen LogP contribution is -2.22. The van der Waals surface area contributed by atoms with Crippen LogP contribution >= 0.6 is 15.9 Å². The predicted molar refractivity (Wildman–Crippen MR) is 76.4 cm³/mol. The third kappa shape index (κ3) is 3.64. The van der Waals surface area contributed by atoms with Gasteiger partial charge in [-0.15, -0.1) is 0 Å². The van der Waals surface area contributed by atoms with Gasteiger partial charge in [-0.05, 0) is 48.4 Å². The minimum absolute atomic E-state index is 0.205. The van der Waals surface area contributed by atoms with Gasteiger partial charge in [0.1, 0.15) is 5.82 Å². The number of carbonyl (C=O) groups excluding carboxylic acids is 1. The van der Waals surface area contributed by atoms with Crippen LogP contribution in [-0.4, -0.2) is 5.91 Å². The van der Waals surface area contributed by atoms with Gasteiger partial charge in [-0.2, -0.15) is 0 Å². The highest BCUT2D eigenvalue weighted by atomic mass is 79.9. The van der Waals surface area contributed by atoms with E-state index < -0.39 is 0 Å². The molecule has 0 bridgehead atoms. The number of benzene rings is 2. The lowest BCUT2D eigenvalue weighted by atomic mass is 10.1. The van der Waals surface area contributed by atoms with E-state index in [0.29, 0.717) is 17.7 Å². The molecular formula is C15H13BrFNO. The Balaban J connectivity index is 2.03. The summed E-state index contributed by atoms with van der Waals surface area (Å²) < 4.78 is 14.1. The van der Waals surface area contributed by atoms with Crippen LogP contribution in [0, 0.1) is 12.7 Å². The SMILES string of the molecule is Cc1cc(C(=O)NCc2cccc(Br)c2)ccc1F. The number of halogens is 2. The summed E-state index contributed by atoms with van der Waals surface area (Å²) in [7, 11) is 0. The van der Waals surface area contributed by atoms with Crippen molar-refractivity contribution in [1.29, 1.82) is 0 Å². The van der Waals surface area contributed by atoms with Crippen molar-refractivity contribution in [3.05, 3.63) is 69.4 Å². The van der Waals surface area contributed by atoms with Crippen LogP contribution in [0.2, 0.25) is 0 Å². The van der Waals surface area contributed by atoms with E-state index in [0.717, 1.165) is 10.0 Å². The lowest BCUT2D eigenvalue weighted by molar-refractivity contribution is 0.0951. The molecule has 0 aliphatic heterocycles. The first-order chi connectivity index (χ1) is 9.06. The number of nitrogens with one attached hydrogen (secondary N) is 1. The molecule has 1 N–H and O–H groups in total. The van der Waals surface area contributed by atoms with Crippen molar-refractivity contribution in [1.82, 2.24) is 5.32 Å². The van der Waals surface area contributed by atoms with Gasteiger partial charge in [0.15, 0.2) is 0 Å². The fourth-order valence-corrected chi connectivity index (χ4v) is 2.16. The van der Waals surface area contributed by atoms with E-state index in [2.05, 4.69) is 21.2 Å².